The standard InChI is InChI=1S/C74H74BN3/c1-70(2,3)53-35-39-62(57(44-53)50-27-17-13-18-28-50)76-65-38-33-52(49-25-15-12-16-26-49)43-61(65)75-60-37-34-55(72(7,8)9)46-66(60)77(63-40-36-54(71(4,5)6)45-58(63)51-29-19-14-20-30-51)68-48-56(47-67(76)69(68)75)78-64-32-22-21-31-59(64)73(10)41-23-24-42-74(73,78)11/h12-22,25-40,43-48H,23-24,41-42H2,1-11H3. The number of fused-ring (bicyclic) bond motifs is 7. The van der Waals surface area contributed by atoms with Crippen molar-refractivity contribution in [3.63, 3.8) is 0 Å². The molecule has 3 aliphatic heterocycles. The summed E-state index contributed by atoms with van der Waals surface area (Å²) in [4.78, 5) is 8.18. The van der Waals surface area contributed by atoms with Crippen LogP contribution in [0.2, 0.25) is 0 Å². The Balaban J connectivity index is 1.20. The van der Waals surface area contributed by atoms with Crippen molar-refractivity contribution in [3.8, 4) is 33.4 Å². The van der Waals surface area contributed by atoms with Crippen LogP contribution in [0.3, 0.4) is 0 Å². The zero-order valence-corrected chi connectivity index (χ0v) is 47.8. The van der Waals surface area contributed by atoms with Crippen molar-refractivity contribution in [2.75, 3.05) is 14.7 Å². The molecule has 0 aromatic heterocycles. The zero-order valence-electron chi connectivity index (χ0n) is 47.8. The highest BCUT2D eigenvalue weighted by Gasteiger charge is 2.58. The molecule has 0 spiro atoms. The van der Waals surface area contributed by atoms with E-state index in [2.05, 4.69) is 291 Å². The Morgan fingerprint density at radius 3 is 1.41 bits per heavy atom. The predicted octanol–water partition coefficient (Wildman–Crippen LogP) is 18.4. The Bertz CT molecular complexity index is 3800. The van der Waals surface area contributed by atoms with Gasteiger partial charge in [-0.15, -0.1) is 0 Å². The first kappa shape index (κ1) is 50.0. The van der Waals surface area contributed by atoms with Gasteiger partial charge in [0, 0.05) is 50.7 Å². The Labute approximate surface area is 465 Å². The van der Waals surface area contributed by atoms with Gasteiger partial charge in [0.1, 0.15) is 0 Å². The normalized spacial score (nSPS) is 18.5. The Morgan fingerprint density at radius 2 is 0.846 bits per heavy atom. The van der Waals surface area contributed by atoms with E-state index in [1.54, 1.807) is 0 Å². The summed E-state index contributed by atoms with van der Waals surface area (Å²) in [7, 11) is 0. The van der Waals surface area contributed by atoms with Crippen molar-refractivity contribution in [2.45, 2.75) is 129 Å². The monoisotopic (exact) mass is 1020 g/mol. The molecule has 388 valence electrons. The van der Waals surface area contributed by atoms with E-state index in [9.17, 15) is 0 Å². The van der Waals surface area contributed by atoms with E-state index >= 15 is 0 Å². The zero-order chi connectivity index (χ0) is 54.1. The van der Waals surface area contributed by atoms with Crippen LogP contribution in [0.25, 0.3) is 33.4 Å². The molecule has 0 amide bonds. The Kier molecular flexibility index (Phi) is 11.5. The molecule has 78 heavy (non-hydrogen) atoms. The van der Waals surface area contributed by atoms with Crippen molar-refractivity contribution in [1.82, 2.24) is 0 Å². The molecule has 1 fully saturated rings. The van der Waals surface area contributed by atoms with E-state index in [1.807, 2.05) is 0 Å². The molecule has 0 radical (unpaired) electrons. The minimum Gasteiger partial charge on any atom is -0.334 e. The van der Waals surface area contributed by atoms with Crippen molar-refractivity contribution < 1.29 is 0 Å². The summed E-state index contributed by atoms with van der Waals surface area (Å²) in [5, 5.41) is 0. The molecule has 4 heteroatoms. The van der Waals surface area contributed by atoms with Crippen LogP contribution in [0, 0.1) is 0 Å². The summed E-state index contributed by atoms with van der Waals surface area (Å²) in [5.74, 6) is 0. The van der Waals surface area contributed by atoms with Gasteiger partial charge in [-0.25, -0.2) is 0 Å². The van der Waals surface area contributed by atoms with Crippen molar-refractivity contribution >= 4 is 68.6 Å². The molecule has 4 aliphatic rings. The van der Waals surface area contributed by atoms with Crippen molar-refractivity contribution in [3.05, 3.63) is 222 Å². The molecule has 3 nitrogen and oxygen atoms in total. The number of hydrogen-bond acceptors (Lipinski definition) is 3. The molecule has 0 N–H and O–H groups in total. The van der Waals surface area contributed by atoms with E-state index in [1.165, 1.54) is 130 Å². The average molecular weight is 1020 g/mol. The third-order valence-corrected chi connectivity index (χ3v) is 18.7. The van der Waals surface area contributed by atoms with Crippen LogP contribution < -0.4 is 31.1 Å². The molecule has 2 unspecified atom stereocenters. The topological polar surface area (TPSA) is 9.72 Å². The fraction of sp³-hybridized carbons (Fsp3) is 0.270. The van der Waals surface area contributed by atoms with E-state index in [-0.39, 0.29) is 33.9 Å². The van der Waals surface area contributed by atoms with Gasteiger partial charge in [0.05, 0.1) is 16.9 Å². The largest absolute Gasteiger partial charge is 0.334 e. The molecule has 1 saturated carbocycles. The molecule has 9 aromatic carbocycles. The van der Waals surface area contributed by atoms with Crippen LogP contribution in [0.1, 0.15) is 124 Å². The SMILES string of the molecule is CC(C)(C)c1ccc(N2c3ccc(-c4ccccc4)cc3B3c4ccc(C(C)(C)C)cc4N(c4ccc(C(C)(C)C)cc4-c4ccccc4)c4cc(N5c6ccccc6C6(C)CCCCC56C)cc2c43)c(-c2ccccc2)c1. The maximum atomic E-state index is 2.81. The molecule has 2 atom stereocenters. The summed E-state index contributed by atoms with van der Waals surface area (Å²) < 4.78 is 0. The summed E-state index contributed by atoms with van der Waals surface area (Å²) in [5.41, 5.74) is 26.1. The van der Waals surface area contributed by atoms with Gasteiger partial charge in [-0.3, -0.25) is 0 Å². The van der Waals surface area contributed by atoms with Crippen LogP contribution in [0.5, 0.6) is 0 Å². The highest BCUT2D eigenvalue weighted by atomic mass is 15.3. The molecule has 0 bridgehead atoms. The fourth-order valence-corrected chi connectivity index (χ4v) is 14.1. The summed E-state index contributed by atoms with van der Waals surface area (Å²) in [6.45, 7) is 26.2. The maximum Gasteiger partial charge on any atom is 0.252 e. The van der Waals surface area contributed by atoms with Crippen LogP contribution >= 0.6 is 0 Å². The lowest BCUT2D eigenvalue weighted by atomic mass is 9.33. The number of benzene rings is 9. The van der Waals surface area contributed by atoms with Gasteiger partial charge < -0.3 is 14.7 Å². The third-order valence-electron chi connectivity index (χ3n) is 18.7. The number of hydrogen-bond donors (Lipinski definition) is 0. The molecule has 13 rings (SSSR count). The summed E-state index contributed by atoms with van der Waals surface area (Å²) in [6, 6.07) is 77.4. The van der Waals surface area contributed by atoms with Gasteiger partial charge >= 0.3 is 0 Å². The predicted molar refractivity (Wildman–Crippen MR) is 336 cm³/mol. The van der Waals surface area contributed by atoms with E-state index in [0.29, 0.717) is 0 Å². The van der Waals surface area contributed by atoms with E-state index in [4.69, 9.17) is 0 Å². The molecule has 3 heterocycles. The second-order valence-corrected chi connectivity index (χ2v) is 26.5. The van der Waals surface area contributed by atoms with E-state index < -0.39 is 0 Å². The first-order valence-corrected chi connectivity index (χ1v) is 28.8. The first-order valence-electron chi connectivity index (χ1n) is 28.8. The average Bonchev–Trinajstić information content (AvgIpc) is 3.88. The Hall–Kier alpha value is -7.56. The lowest BCUT2D eigenvalue weighted by Gasteiger charge is -2.51. The minimum absolute atomic E-state index is 0.0297. The second-order valence-electron chi connectivity index (χ2n) is 26.5. The van der Waals surface area contributed by atoms with Gasteiger partial charge in [-0.1, -0.05) is 228 Å². The van der Waals surface area contributed by atoms with Crippen molar-refractivity contribution in [2.24, 2.45) is 0 Å². The minimum atomic E-state index is -0.165. The van der Waals surface area contributed by atoms with Gasteiger partial charge in [-0.2, -0.15) is 0 Å². The van der Waals surface area contributed by atoms with Crippen LogP contribution in [-0.2, 0) is 21.7 Å². The van der Waals surface area contributed by atoms with Gasteiger partial charge in [0.15, 0.2) is 0 Å². The van der Waals surface area contributed by atoms with Gasteiger partial charge in [0.2, 0.25) is 0 Å². The molecule has 1 aliphatic carbocycles. The molecular formula is C74H74BN3. The molecule has 9 aromatic rings. The number of nitrogens with zero attached hydrogens (tertiary/aromatic N) is 3. The lowest BCUT2D eigenvalue weighted by molar-refractivity contribution is 0.195. The van der Waals surface area contributed by atoms with Crippen LogP contribution in [0.15, 0.2) is 200 Å². The fourth-order valence-electron chi connectivity index (χ4n) is 14.1. The highest BCUT2D eigenvalue weighted by molar-refractivity contribution is 7.00. The third kappa shape index (κ3) is 7.83. The molecular weight excluding hydrogens is 942 g/mol. The second kappa shape index (κ2) is 18.0. The number of para-hydroxylation sites is 1. The Morgan fingerprint density at radius 1 is 0.372 bits per heavy atom. The lowest BCUT2D eigenvalue weighted by Crippen LogP contribution is -2.61. The van der Waals surface area contributed by atoms with Crippen LogP contribution in [-0.4, -0.2) is 12.3 Å². The highest BCUT2D eigenvalue weighted by Crippen LogP contribution is 2.62. The van der Waals surface area contributed by atoms with Crippen LogP contribution in [0.4, 0.5) is 45.5 Å². The van der Waals surface area contributed by atoms with Crippen molar-refractivity contribution in [1.29, 1.82) is 0 Å². The van der Waals surface area contributed by atoms with E-state index in [0.717, 1.165) is 12.8 Å². The number of anilines is 8. The maximum absolute atomic E-state index is 2.81. The summed E-state index contributed by atoms with van der Waals surface area (Å²) in [6.07, 6.45) is 4.72. The number of rotatable bonds is 6. The summed E-state index contributed by atoms with van der Waals surface area (Å²) >= 11 is 0. The molecule has 0 saturated heterocycles. The first-order chi connectivity index (χ1) is 37.3. The van der Waals surface area contributed by atoms with Gasteiger partial charge in [0.25, 0.3) is 6.71 Å². The quantitative estimate of drug-likeness (QED) is 0.154. The smallest absolute Gasteiger partial charge is 0.252 e. The van der Waals surface area contributed by atoms with Gasteiger partial charge in [-0.05, 0) is 152 Å².